The van der Waals surface area contributed by atoms with E-state index in [1.807, 2.05) is 13.0 Å². The summed E-state index contributed by atoms with van der Waals surface area (Å²) in [5.74, 6) is -0.380. The van der Waals surface area contributed by atoms with E-state index in [0.29, 0.717) is 5.56 Å². The first-order valence-corrected chi connectivity index (χ1v) is 6.28. The number of carbonyl (C=O) groups is 2. The third-order valence-electron chi connectivity index (χ3n) is 3.58. The first kappa shape index (κ1) is 12.6. The van der Waals surface area contributed by atoms with Crippen molar-refractivity contribution in [2.24, 2.45) is 5.41 Å². The van der Waals surface area contributed by atoms with Gasteiger partial charge in [-0.3, -0.25) is 20.4 Å². The number of nitrogens with one attached hydrogen (secondary N) is 2. The van der Waals surface area contributed by atoms with Crippen molar-refractivity contribution >= 4 is 11.8 Å². The lowest BCUT2D eigenvalue weighted by molar-refractivity contribution is -0.130. The lowest BCUT2D eigenvalue weighted by Gasteiger charge is -2.22. The summed E-state index contributed by atoms with van der Waals surface area (Å²) in [4.78, 5) is 23.7. The van der Waals surface area contributed by atoms with Crippen LogP contribution >= 0.6 is 0 Å². The predicted octanol–water partition coefficient (Wildman–Crippen LogP) is 2.03. The van der Waals surface area contributed by atoms with Gasteiger partial charge in [-0.2, -0.15) is 0 Å². The fourth-order valence-electron chi connectivity index (χ4n) is 2.31. The van der Waals surface area contributed by atoms with E-state index in [4.69, 9.17) is 0 Å². The standard InChI is InChI=1S/C14H18N2O2/c1-14(9-5-6-10-14)13(18)16-15-12(17)11-7-3-2-4-8-11/h2-4,7-8H,5-6,9-10H2,1H3,(H,15,17)(H,16,18). The van der Waals surface area contributed by atoms with Crippen LogP contribution in [0.1, 0.15) is 43.0 Å². The van der Waals surface area contributed by atoms with Crippen molar-refractivity contribution in [1.82, 2.24) is 10.9 Å². The Morgan fingerprint density at radius 3 is 2.28 bits per heavy atom. The van der Waals surface area contributed by atoms with Gasteiger partial charge < -0.3 is 0 Å². The van der Waals surface area contributed by atoms with Crippen LogP contribution in [0.15, 0.2) is 30.3 Å². The van der Waals surface area contributed by atoms with Crippen LogP contribution in [-0.4, -0.2) is 11.8 Å². The molecule has 4 heteroatoms. The fourth-order valence-corrected chi connectivity index (χ4v) is 2.31. The zero-order valence-electron chi connectivity index (χ0n) is 10.5. The maximum absolute atomic E-state index is 12.0. The van der Waals surface area contributed by atoms with Crippen LogP contribution in [0.25, 0.3) is 0 Å². The molecule has 0 atom stereocenters. The smallest absolute Gasteiger partial charge is 0.269 e. The normalized spacial score (nSPS) is 17.2. The average Bonchev–Trinajstić information content (AvgIpc) is 2.85. The molecule has 1 aliphatic carbocycles. The molecule has 1 aliphatic rings. The summed E-state index contributed by atoms with van der Waals surface area (Å²) < 4.78 is 0. The molecule has 0 unspecified atom stereocenters. The van der Waals surface area contributed by atoms with E-state index >= 15 is 0 Å². The molecule has 1 saturated carbocycles. The average molecular weight is 246 g/mol. The van der Waals surface area contributed by atoms with Crippen LogP contribution in [0.2, 0.25) is 0 Å². The van der Waals surface area contributed by atoms with Gasteiger partial charge >= 0.3 is 0 Å². The van der Waals surface area contributed by atoms with Gasteiger partial charge in [-0.05, 0) is 25.0 Å². The Kier molecular flexibility index (Phi) is 3.65. The summed E-state index contributed by atoms with van der Waals surface area (Å²) in [5.41, 5.74) is 5.19. The summed E-state index contributed by atoms with van der Waals surface area (Å²) in [6.07, 6.45) is 3.94. The minimum atomic E-state index is -0.329. The van der Waals surface area contributed by atoms with Gasteiger partial charge in [0, 0.05) is 11.0 Å². The molecule has 1 fully saturated rings. The molecule has 0 aliphatic heterocycles. The molecule has 0 bridgehead atoms. The van der Waals surface area contributed by atoms with Crippen molar-refractivity contribution in [3.8, 4) is 0 Å². The molecular weight excluding hydrogens is 228 g/mol. The van der Waals surface area contributed by atoms with Gasteiger partial charge in [0.05, 0.1) is 0 Å². The molecule has 0 spiro atoms. The van der Waals surface area contributed by atoms with Crippen molar-refractivity contribution in [1.29, 1.82) is 0 Å². The molecule has 1 aromatic carbocycles. The van der Waals surface area contributed by atoms with Crippen molar-refractivity contribution < 1.29 is 9.59 Å². The lowest BCUT2D eigenvalue weighted by atomic mass is 9.88. The van der Waals surface area contributed by atoms with Gasteiger partial charge in [-0.1, -0.05) is 38.0 Å². The fraction of sp³-hybridized carbons (Fsp3) is 0.429. The Hall–Kier alpha value is -1.84. The van der Waals surface area contributed by atoms with Gasteiger partial charge in [0.2, 0.25) is 5.91 Å². The quantitative estimate of drug-likeness (QED) is 0.784. The van der Waals surface area contributed by atoms with E-state index in [1.54, 1.807) is 24.3 Å². The van der Waals surface area contributed by atoms with Crippen LogP contribution < -0.4 is 10.9 Å². The SMILES string of the molecule is CC1(C(=O)NNC(=O)c2ccccc2)CCCC1. The van der Waals surface area contributed by atoms with E-state index < -0.39 is 0 Å². The van der Waals surface area contributed by atoms with E-state index in [-0.39, 0.29) is 17.2 Å². The van der Waals surface area contributed by atoms with Crippen LogP contribution in [0.3, 0.4) is 0 Å². The number of amides is 2. The molecule has 18 heavy (non-hydrogen) atoms. The van der Waals surface area contributed by atoms with Crippen LogP contribution in [0.5, 0.6) is 0 Å². The number of hydrogen-bond donors (Lipinski definition) is 2. The van der Waals surface area contributed by atoms with Gasteiger partial charge in [-0.25, -0.2) is 0 Å². The topological polar surface area (TPSA) is 58.2 Å². The van der Waals surface area contributed by atoms with Crippen LogP contribution in [-0.2, 0) is 4.79 Å². The summed E-state index contributed by atoms with van der Waals surface area (Å²) in [6, 6.07) is 8.83. The number of benzene rings is 1. The number of hydrogen-bond acceptors (Lipinski definition) is 2. The van der Waals surface area contributed by atoms with Crippen molar-refractivity contribution in [2.45, 2.75) is 32.6 Å². The Bertz CT molecular complexity index is 436. The van der Waals surface area contributed by atoms with Crippen LogP contribution in [0.4, 0.5) is 0 Å². The van der Waals surface area contributed by atoms with Gasteiger partial charge in [0.1, 0.15) is 0 Å². The van der Waals surface area contributed by atoms with Gasteiger partial charge in [-0.15, -0.1) is 0 Å². The minimum absolute atomic E-state index is 0.0933. The lowest BCUT2D eigenvalue weighted by Crippen LogP contribution is -2.47. The maximum Gasteiger partial charge on any atom is 0.269 e. The molecule has 1 aromatic rings. The summed E-state index contributed by atoms with van der Waals surface area (Å²) >= 11 is 0. The zero-order valence-corrected chi connectivity index (χ0v) is 10.5. The summed E-state index contributed by atoms with van der Waals surface area (Å²) in [6.45, 7) is 1.95. The number of hydrazine groups is 1. The first-order valence-electron chi connectivity index (χ1n) is 6.28. The highest BCUT2D eigenvalue weighted by atomic mass is 16.2. The molecule has 0 aromatic heterocycles. The Labute approximate surface area is 107 Å². The van der Waals surface area contributed by atoms with Gasteiger partial charge in [0.15, 0.2) is 0 Å². The molecule has 2 amide bonds. The summed E-state index contributed by atoms with van der Waals surface area (Å²) in [5, 5.41) is 0. The molecule has 0 saturated heterocycles. The first-order chi connectivity index (χ1) is 8.62. The third-order valence-corrected chi connectivity index (χ3v) is 3.58. The Morgan fingerprint density at radius 2 is 1.67 bits per heavy atom. The summed E-state index contributed by atoms with van der Waals surface area (Å²) in [7, 11) is 0. The van der Waals surface area contributed by atoms with Crippen molar-refractivity contribution in [2.75, 3.05) is 0 Å². The second-order valence-corrected chi connectivity index (χ2v) is 5.04. The van der Waals surface area contributed by atoms with E-state index in [9.17, 15) is 9.59 Å². The maximum atomic E-state index is 12.0. The van der Waals surface area contributed by atoms with E-state index in [2.05, 4.69) is 10.9 Å². The number of rotatable bonds is 2. The zero-order chi connectivity index (χ0) is 13.0. The monoisotopic (exact) mass is 246 g/mol. The molecule has 2 rings (SSSR count). The number of carbonyl (C=O) groups excluding carboxylic acids is 2. The van der Waals surface area contributed by atoms with Crippen LogP contribution in [0, 0.1) is 5.41 Å². The highest BCUT2D eigenvalue weighted by molar-refractivity contribution is 5.95. The van der Waals surface area contributed by atoms with Crippen molar-refractivity contribution in [3.05, 3.63) is 35.9 Å². The molecule has 0 heterocycles. The Morgan fingerprint density at radius 1 is 1.06 bits per heavy atom. The molecular formula is C14H18N2O2. The van der Waals surface area contributed by atoms with Gasteiger partial charge in [0.25, 0.3) is 5.91 Å². The van der Waals surface area contributed by atoms with E-state index in [0.717, 1.165) is 25.7 Å². The minimum Gasteiger partial charge on any atom is -0.273 e. The highest BCUT2D eigenvalue weighted by Gasteiger charge is 2.36. The second kappa shape index (κ2) is 5.21. The second-order valence-electron chi connectivity index (χ2n) is 5.04. The molecule has 96 valence electrons. The predicted molar refractivity (Wildman–Crippen MR) is 68.6 cm³/mol. The molecule has 4 nitrogen and oxygen atoms in total. The Balaban J connectivity index is 1.88. The largest absolute Gasteiger partial charge is 0.273 e. The van der Waals surface area contributed by atoms with Crippen molar-refractivity contribution in [3.63, 3.8) is 0 Å². The highest BCUT2D eigenvalue weighted by Crippen LogP contribution is 2.37. The molecule has 0 radical (unpaired) electrons. The molecule has 2 N–H and O–H groups in total. The third kappa shape index (κ3) is 2.70. The van der Waals surface area contributed by atoms with E-state index in [1.165, 1.54) is 0 Å².